The second-order valence-electron chi connectivity index (χ2n) is 4.76. The van der Waals surface area contributed by atoms with E-state index in [0.717, 1.165) is 0 Å². The number of nitrogens with one attached hydrogen (secondary N) is 1. The number of aliphatic carboxylic acids is 1. The van der Waals surface area contributed by atoms with Crippen LogP contribution in [0.1, 0.15) is 29.8 Å². The quantitative estimate of drug-likeness (QED) is 0.840. The first kappa shape index (κ1) is 13.3. The average Bonchev–Trinajstić information content (AvgIpc) is 2.38. The zero-order chi connectivity index (χ0) is 13.8. The number of hydrogen-bond acceptors (Lipinski definition) is 3. The van der Waals surface area contributed by atoms with Crippen molar-refractivity contribution in [2.45, 2.75) is 19.3 Å². The van der Waals surface area contributed by atoms with Crippen LogP contribution in [0.25, 0.3) is 0 Å². The lowest BCUT2D eigenvalue weighted by Gasteiger charge is -2.31. The molecule has 0 aromatic carbocycles. The minimum atomic E-state index is -0.794. The summed E-state index contributed by atoms with van der Waals surface area (Å²) in [4.78, 5) is 38.1. The molecule has 1 fully saturated rings. The third-order valence-corrected chi connectivity index (χ3v) is 3.36. The predicted octanol–water partition coefficient (Wildman–Crippen LogP) is 0.702. The lowest BCUT2D eigenvalue weighted by molar-refractivity contribution is -0.138. The second-order valence-corrected chi connectivity index (χ2v) is 4.76. The summed E-state index contributed by atoms with van der Waals surface area (Å²) in [6.45, 7) is 1.07. The van der Waals surface area contributed by atoms with E-state index in [9.17, 15) is 14.4 Å². The van der Waals surface area contributed by atoms with Gasteiger partial charge in [0.15, 0.2) is 0 Å². The van der Waals surface area contributed by atoms with Crippen LogP contribution in [0.2, 0.25) is 0 Å². The molecule has 6 nitrogen and oxygen atoms in total. The molecule has 2 rings (SSSR count). The third-order valence-electron chi connectivity index (χ3n) is 3.36. The number of pyridine rings is 1. The van der Waals surface area contributed by atoms with E-state index < -0.39 is 5.97 Å². The number of nitrogens with zero attached hydrogens (tertiary/aromatic N) is 1. The van der Waals surface area contributed by atoms with Crippen molar-refractivity contribution in [2.24, 2.45) is 5.92 Å². The molecule has 102 valence electrons. The number of aromatic nitrogens is 1. The molecule has 2 heterocycles. The Hall–Kier alpha value is -2.11. The van der Waals surface area contributed by atoms with Gasteiger partial charge in [-0.3, -0.25) is 14.4 Å². The summed E-state index contributed by atoms with van der Waals surface area (Å²) < 4.78 is 0. The summed E-state index contributed by atoms with van der Waals surface area (Å²) >= 11 is 0. The zero-order valence-electron chi connectivity index (χ0n) is 10.5. The molecule has 1 saturated heterocycles. The molecule has 1 aromatic rings. The number of H-pyrrole nitrogens is 1. The molecule has 2 N–H and O–H groups in total. The summed E-state index contributed by atoms with van der Waals surface area (Å²) in [5, 5.41) is 8.73. The lowest BCUT2D eigenvalue weighted by atomic mass is 9.93. The Kier molecular flexibility index (Phi) is 3.99. The summed E-state index contributed by atoms with van der Waals surface area (Å²) in [7, 11) is 0. The van der Waals surface area contributed by atoms with E-state index in [1.54, 1.807) is 17.0 Å². The number of hydrogen-bond donors (Lipinski definition) is 2. The molecule has 6 heteroatoms. The molecule has 0 saturated carbocycles. The minimum Gasteiger partial charge on any atom is -0.481 e. The van der Waals surface area contributed by atoms with E-state index >= 15 is 0 Å². The maximum Gasteiger partial charge on any atom is 0.303 e. The molecule has 1 aromatic heterocycles. The molecule has 1 aliphatic rings. The van der Waals surface area contributed by atoms with Crippen molar-refractivity contribution >= 4 is 11.9 Å². The Morgan fingerprint density at radius 1 is 1.32 bits per heavy atom. The van der Waals surface area contributed by atoms with E-state index in [2.05, 4.69) is 4.98 Å². The van der Waals surface area contributed by atoms with E-state index in [1.807, 2.05) is 0 Å². The molecule has 0 radical (unpaired) electrons. The van der Waals surface area contributed by atoms with Gasteiger partial charge in [-0.2, -0.15) is 0 Å². The van der Waals surface area contributed by atoms with Crippen LogP contribution in [-0.2, 0) is 4.79 Å². The van der Waals surface area contributed by atoms with Gasteiger partial charge < -0.3 is 15.0 Å². The van der Waals surface area contributed by atoms with Gasteiger partial charge in [-0.1, -0.05) is 6.07 Å². The fourth-order valence-corrected chi connectivity index (χ4v) is 2.33. The molecule has 19 heavy (non-hydrogen) atoms. The van der Waals surface area contributed by atoms with Crippen LogP contribution in [0.3, 0.4) is 0 Å². The standard InChI is InChI=1S/C13H16N2O4/c16-11-3-1-2-10(14-11)13(19)15-6-4-9(5-7-15)8-12(17)18/h1-3,9H,4-8H2,(H,14,16)(H,17,18). The summed E-state index contributed by atoms with van der Waals surface area (Å²) in [6, 6.07) is 4.48. The zero-order valence-corrected chi connectivity index (χ0v) is 10.5. The fraction of sp³-hybridized carbons (Fsp3) is 0.462. The molecular formula is C13H16N2O4. The van der Waals surface area contributed by atoms with Crippen molar-refractivity contribution in [1.29, 1.82) is 0 Å². The molecule has 0 spiro atoms. The number of carboxylic acid groups (broad SMARTS) is 1. The molecule has 1 amide bonds. The average molecular weight is 264 g/mol. The van der Waals surface area contributed by atoms with Gasteiger partial charge >= 0.3 is 5.97 Å². The highest BCUT2D eigenvalue weighted by molar-refractivity contribution is 5.92. The van der Waals surface area contributed by atoms with Crippen LogP contribution in [-0.4, -0.2) is 40.0 Å². The maximum absolute atomic E-state index is 12.1. The fourth-order valence-electron chi connectivity index (χ4n) is 2.33. The molecule has 1 aliphatic heterocycles. The van der Waals surface area contributed by atoms with Gasteiger partial charge in [0.05, 0.1) is 0 Å². The molecule has 0 aliphatic carbocycles. The number of aromatic amines is 1. The first-order valence-corrected chi connectivity index (χ1v) is 6.26. The van der Waals surface area contributed by atoms with Crippen LogP contribution >= 0.6 is 0 Å². The van der Waals surface area contributed by atoms with Crippen LogP contribution < -0.4 is 5.56 Å². The van der Waals surface area contributed by atoms with Crippen molar-refractivity contribution in [3.05, 3.63) is 34.2 Å². The maximum atomic E-state index is 12.1. The summed E-state index contributed by atoms with van der Waals surface area (Å²) in [5.74, 6) is -0.861. The minimum absolute atomic E-state index is 0.136. The number of rotatable bonds is 3. The van der Waals surface area contributed by atoms with E-state index in [4.69, 9.17) is 5.11 Å². The van der Waals surface area contributed by atoms with Crippen molar-refractivity contribution in [3.8, 4) is 0 Å². The Morgan fingerprint density at radius 3 is 2.58 bits per heavy atom. The van der Waals surface area contributed by atoms with E-state index in [1.165, 1.54) is 6.07 Å². The summed E-state index contributed by atoms with van der Waals surface area (Å²) in [6.07, 6.45) is 1.54. The highest BCUT2D eigenvalue weighted by Crippen LogP contribution is 2.21. The highest BCUT2D eigenvalue weighted by atomic mass is 16.4. The number of carbonyl (C=O) groups is 2. The normalized spacial score (nSPS) is 16.3. The third kappa shape index (κ3) is 3.43. The summed E-state index contributed by atoms with van der Waals surface area (Å²) in [5.41, 5.74) is -0.0178. The second kappa shape index (κ2) is 5.69. The Labute approximate surface area is 110 Å². The van der Waals surface area contributed by atoms with Gasteiger partial charge in [-0.25, -0.2) is 0 Å². The van der Waals surface area contributed by atoms with Crippen LogP contribution in [0, 0.1) is 5.92 Å². The Balaban J connectivity index is 1.96. The van der Waals surface area contributed by atoms with Crippen LogP contribution in [0.4, 0.5) is 0 Å². The number of carboxylic acids is 1. The molecule has 0 atom stereocenters. The van der Waals surface area contributed by atoms with Gasteiger partial charge in [0, 0.05) is 25.6 Å². The number of piperidine rings is 1. The van der Waals surface area contributed by atoms with Gasteiger partial charge in [0.1, 0.15) is 5.69 Å². The van der Waals surface area contributed by atoms with Gasteiger partial charge in [-0.15, -0.1) is 0 Å². The van der Waals surface area contributed by atoms with Gasteiger partial charge in [0.2, 0.25) is 5.56 Å². The van der Waals surface area contributed by atoms with E-state index in [0.29, 0.717) is 25.9 Å². The smallest absolute Gasteiger partial charge is 0.303 e. The molecular weight excluding hydrogens is 248 g/mol. The van der Waals surface area contributed by atoms with Crippen molar-refractivity contribution in [3.63, 3.8) is 0 Å². The first-order chi connectivity index (χ1) is 9.06. The van der Waals surface area contributed by atoms with Gasteiger partial charge in [0.25, 0.3) is 5.91 Å². The van der Waals surface area contributed by atoms with Crippen molar-refractivity contribution < 1.29 is 14.7 Å². The monoisotopic (exact) mass is 264 g/mol. The SMILES string of the molecule is O=C(O)CC1CCN(C(=O)c2cccc(=O)[nH]2)CC1. The lowest BCUT2D eigenvalue weighted by Crippen LogP contribution is -2.39. The topological polar surface area (TPSA) is 90.5 Å². The molecule has 0 bridgehead atoms. The van der Waals surface area contributed by atoms with Crippen LogP contribution in [0.15, 0.2) is 23.0 Å². The molecule has 0 unspecified atom stereocenters. The number of carbonyl (C=O) groups excluding carboxylic acids is 1. The largest absolute Gasteiger partial charge is 0.481 e. The van der Waals surface area contributed by atoms with E-state index in [-0.39, 0.29) is 29.5 Å². The number of likely N-dealkylation sites (tertiary alicyclic amines) is 1. The Bertz CT molecular complexity index is 529. The van der Waals surface area contributed by atoms with Crippen LogP contribution in [0.5, 0.6) is 0 Å². The highest BCUT2D eigenvalue weighted by Gasteiger charge is 2.25. The first-order valence-electron chi connectivity index (χ1n) is 6.26. The van der Waals surface area contributed by atoms with Gasteiger partial charge in [-0.05, 0) is 24.8 Å². The van der Waals surface area contributed by atoms with Crippen molar-refractivity contribution in [1.82, 2.24) is 9.88 Å². The number of amides is 1. The van der Waals surface area contributed by atoms with Crippen molar-refractivity contribution in [2.75, 3.05) is 13.1 Å². The Morgan fingerprint density at radius 2 is 2.00 bits per heavy atom. The predicted molar refractivity (Wildman–Crippen MR) is 67.9 cm³/mol.